The van der Waals surface area contributed by atoms with Crippen molar-refractivity contribution in [2.45, 2.75) is 32.7 Å². The molecular weight excluding hydrogens is 236 g/mol. The quantitative estimate of drug-likeness (QED) is 0.518. The number of carboxylic acids is 1. The standard InChI is InChI=1S/C12H22N2O4/c1-8(2)12(4-5-13-7-12)11(18)14-9(3-6-15)10(16)17/h8-9,13,15H,3-7H2,1-2H3,(H,14,18)(H,16,17)/t9-,12?/m0/s1. The Kier molecular flexibility index (Phi) is 5.10. The highest BCUT2D eigenvalue weighted by atomic mass is 16.4. The lowest BCUT2D eigenvalue weighted by atomic mass is 9.75. The zero-order valence-electron chi connectivity index (χ0n) is 10.9. The van der Waals surface area contributed by atoms with Gasteiger partial charge < -0.3 is 20.8 Å². The van der Waals surface area contributed by atoms with Crippen molar-refractivity contribution in [3.05, 3.63) is 0 Å². The number of carbonyl (C=O) groups is 2. The number of hydrogen-bond acceptors (Lipinski definition) is 4. The van der Waals surface area contributed by atoms with Gasteiger partial charge in [0.2, 0.25) is 5.91 Å². The monoisotopic (exact) mass is 258 g/mol. The van der Waals surface area contributed by atoms with E-state index in [0.29, 0.717) is 13.0 Å². The fraction of sp³-hybridized carbons (Fsp3) is 0.833. The van der Waals surface area contributed by atoms with Crippen LogP contribution >= 0.6 is 0 Å². The summed E-state index contributed by atoms with van der Waals surface area (Å²) >= 11 is 0. The molecule has 0 aliphatic carbocycles. The molecule has 2 atom stereocenters. The second-order valence-corrected chi connectivity index (χ2v) is 5.11. The average Bonchev–Trinajstić information content (AvgIpc) is 2.78. The first-order valence-electron chi connectivity index (χ1n) is 6.29. The summed E-state index contributed by atoms with van der Waals surface area (Å²) in [5.74, 6) is -1.21. The summed E-state index contributed by atoms with van der Waals surface area (Å²) in [6.45, 7) is 5.01. The topological polar surface area (TPSA) is 98.7 Å². The van der Waals surface area contributed by atoms with E-state index < -0.39 is 17.4 Å². The van der Waals surface area contributed by atoms with Crippen LogP contribution in [0.15, 0.2) is 0 Å². The number of carboxylic acid groups (broad SMARTS) is 1. The molecular formula is C12H22N2O4. The Hall–Kier alpha value is -1.14. The van der Waals surface area contributed by atoms with Gasteiger partial charge in [-0.2, -0.15) is 0 Å². The van der Waals surface area contributed by atoms with Crippen LogP contribution in [0.4, 0.5) is 0 Å². The minimum absolute atomic E-state index is 0.0304. The summed E-state index contributed by atoms with van der Waals surface area (Å²) in [4.78, 5) is 23.3. The van der Waals surface area contributed by atoms with Gasteiger partial charge in [0.25, 0.3) is 0 Å². The highest BCUT2D eigenvalue weighted by Gasteiger charge is 2.44. The second-order valence-electron chi connectivity index (χ2n) is 5.11. The number of hydrogen-bond donors (Lipinski definition) is 4. The molecule has 1 fully saturated rings. The smallest absolute Gasteiger partial charge is 0.326 e. The van der Waals surface area contributed by atoms with Crippen molar-refractivity contribution in [3.8, 4) is 0 Å². The van der Waals surface area contributed by atoms with Crippen LogP contribution in [0.1, 0.15) is 26.7 Å². The number of carbonyl (C=O) groups excluding carboxylic acids is 1. The van der Waals surface area contributed by atoms with Crippen molar-refractivity contribution in [1.82, 2.24) is 10.6 Å². The largest absolute Gasteiger partial charge is 0.480 e. The van der Waals surface area contributed by atoms with E-state index in [2.05, 4.69) is 10.6 Å². The molecule has 6 heteroatoms. The van der Waals surface area contributed by atoms with E-state index in [9.17, 15) is 9.59 Å². The third-order valence-corrected chi connectivity index (χ3v) is 3.77. The fourth-order valence-electron chi connectivity index (χ4n) is 2.35. The molecule has 1 aliphatic heterocycles. The molecule has 1 heterocycles. The van der Waals surface area contributed by atoms with Gasteiger partial charge in [0.05, 0.1) is 5.41 Å². The number of aliphatic hydroxyl groups is 1. The summed E-state index contributed by atoms with van der Waals surface area (Å²) in [5.41, 5.74) is -0.539. The Morgan fingerprint density at radius 1 is 1.44 bits per heavy atom. The van der Waals surface area contributed by atoms with Gasteiger partial charge in [-0.1, -0.05) is 13.8 Å². The maximum absolute atomic E-state index is 12.3. The van der Waals surface area contributed by atoms with Gasteiger partial charge in [0, 0.05) is 19.6 Å². The molecule has 0 aromatic carbocycles. The van der Waals surface area contributed by atoms with Crippen molar-refractivity contribution >= 4 is 11.9 Å². The normalized spacial score (nSPS) is 25.1. The van der Waals surface area contributed by atoms with E-state index in [0.717, 1.165) is 6.54 Å². The van der Waals surface area contributed by atoms with Crippen molar-refractivity contribution in [2.75, 3.05) is 19.7 Å². The van der Waals surface area contributed by atoms with Crippen LogP contribution in [0, 0.1) is 11.3 Å². The zero-order valence-corrected chi connectivity index (χ0v) is 10.9. The minimum Gasteiger partial charge on any atom is -0.480 e. The molecule has 0 bridgehead atoms. The van der Waals surface area contributed by atoms with E-state index in [4.69, 9.17) is 10.2 Å². The summed E-state index contributed by atoms with van der Waals surface area (Å²) in [6, 6.07) is -1.02. The van der Waals surface area contributed by atoms with E-state index in [-0.39, 0.29) is 24.9 Å². The molecule has 1 amide bonds. The van der Waals surface area contributed by atoms with Gasteiger partial charge in [0.15, 0.2) is 0 Å². The molecule has 4 N–H and O–H groups in total. The molecule has 18 heavy (non-hydrogen) atoms. The molecule has 0 radical (unpaired) electrons. The van der Waals surface area contributed by atoms with Crippen LogP contribution in [0.2, 0.25) is 0 Å². The molecule has 1 saturated heterocycles. The predicted octanol–water partition coefficient (Wildman–Crippen LogP) is -0.426. The number of nitrogens with one attached hydrogen (secondary N) is 2. The van der Waals surface area contributed by atoms with Crippen LogP contribution < -0.4 is 10.6 Å². The highest BCUT2D eigenvalue weighted by Crippen LogP contribution is 2.34. The highest BCUT2D eigenvalue weighted by molar-refractivity contribution is 5.88. The maximum Gasteiger partial charge on any atom is 0.326 e. The van der Waals surface area contributed by atoms with Gasteiger partial charge in [-0.15, -0.1) is 0 Å². The molecule has 104 valence electrons. The lowest BCUT2D eigenvalue weighted by molar-refractivity contribution is -0.144. The van der Waals surface area contributed by atoms with Crippen LogP contribution in [0.3, 0.4) is 0 Å². The first kappa shape index (κ1) is 14.9. The molecule has 0 aromatic rings. The predicted molar refractivity (Wildman–Crippen MR) is 66.0 cm³/mol. The molecule has 0 spiro atoms. The van der Waals surface area contributed by atoms with Crippen LogP contribution in [-0.4, -0.2) is 47.8 Å². The van der Waals surface area contributed by atoms with Crippen molar-refractivity contribution in [3.63, 3.8) is 0 Å². The van der Waals surface area contributed by atoms with E-state index in [1.807, 2.05) is 13.8 Å². The van der Waals surface area contributed by atoms with Gasteiger partial charge in [-0.3, -0.25) is 4.79 Å². The third-order valence-electron chi connectivity index (χ3n) is 3.77. The minimum atomic E-state index is -1.11. The lowest BCUT2D eigenvalue weighted by Gasteiger charge is -2.32. The van der Waals surface area contributed by atoms with Gasteiger partial charge in [-0.05, 0) is 18.9 Å². The van der Waals surface area contributed by atoms with Crippen molar-refractivity contribution < 1.29 is 19.8 Å². The third kappa shape index (κ3) is 3.00. The number of aliphatic hydroxyl groups excluding tert-OH is 1. The maximum atomic E-state index is 12.3. The van der Waals surface area contributed by atoms with Gasteiger partial charge >= 0.3 is 5.97 Å². The van der Waals surface area contributed by atoms with Crippen molar-refractivity contribution in [2.24, 2.45) is 11.3 Å². The Morgan fingerprint density at radius 2 is 2.11 bits per heavy atom. The number of rotatable bonds is 6. The molecule has 1 aliphatic rings. The molecule has 6 nitrogen and oxygen atoms in total. The zero-order chi connectivity index (χ0) is 13.8. The van der Waals surface area contributed by atoms with E-state index in [1.165, 1.54) is 0 Å². The van der Waals surface area contributed by atoms with Crippen LogP contribution in [0.25, 0.3) is 0 Å². The van der Waals surface area contributed by atoms with Gasteiger partial charge in [-0.25, -0.2) is 4.79 Å². The van der Waals surface area contributed by atoms with Crippen LogP contribution in [-0.2, 0) is 9.59 Å². The number of aliphatic carboxylic acids is 1. The summed E-state index contributed by atoms with van der Waals surface area (Å²) in [6.07, 6.45) is 0.741. The van der Waals surface area contributed by atoms with Gasteiger partial charge in [0.1, 0.15) is 6.04 Å². The van der Waals surface area contributed by atoms with E-state index >= 15 is 0 Å². The Labute approximate surface area is 107 Å². The summed E-state index contributed by atoms with van der Waals surface area (Å²) in [5, 5.41) is 23.5. The van der Waals surface area contributed by atoms with E-state index in [1.54, 1.807) is 0 Å². The van der Waals surface area contributed by atoms with Crippen LogP contribution in [0.5, 0.6) is 0 Å². The molecule has 0 saturated carbocycles. The molecule has 0 aromatic heterocycles. The van der Waals surface area contributed by atoms with Crippen molar-refractivity contribution in [1.29, 1.82) is 0 Å². The Bertz CT molecular complexity index is 311. The summed E-state index contributed by atoms with van der Waals surface area (Å²) in [7, 11) is 0. The SMILES string of the molecule is CC(C)C1(C(=O)N[C@@H](CCO)C(=O)O)CCNC1. The first-order chi connectivity index (χ1) is 8.44. The fourth-order valence-corrected chi connectivity index (χ4v) is 2.35. The first-order valence-corrected chi connectivity index (χ1v) is 6.29. The second kappa shape index (κ2) is 6.15. The molecule has 1 rings (SSSR count). The lowest BCUT2D eigenvalue weighted by Crippen LogP contribution is -2.51. The number of amides is 1. The Morgan fingerprint density at radius 3 is 2.50 bits per heavy atom. The average molecular weight is 258 g/mol. The Balaban J connectivity index is 2.75. The summed E-state index contributed by atoms with van der Waals surface area (Å²) < 4.78 is 0. The molecule has 1 unspecified atom stereocenters.